The fourth-order valence-corrected chi connectivity index (χ4v) is 3.68. The standard InChI is InChI=1S/C13H10N2O2S2/c14-19(16,17)12-7-6-11(18-12)10-5-1-3-9-4-2-8-15-13(9)10/h1-8H,(H2,14,16,17). The molecule has 0 fully saturated rings. The van der Waals surface area contributed by atoms with E-state index in [0.717, 1.165) is 32.7 Å². The van der Waals surface area contributed by atoms with Gasteiger partial charge in [-0.05, 0) is 18.2 Å². The predicted molar refractivity (Wildman–Crippen MR) is 76.4 cm³/mol. The minimum absolute atomic E-state index is 0.162. The first-order valence-corrected chi connectivity index (χ1v) is 7.89. The van der Waals surface area contributed by atoms with Crippen LogP contribution in [0.3, 0.4) is 0 Å². The molecule has 0 aliphatic rings. The lowest BCUT2D eigenvalue weighted by molar-refractivity contribution is 0.600. The number of thiophene rings is 1. The maximum Gasteiger partial charge on any atom is 0.247 e. The Hall–Kier alpha value is -1.76. The molecule has 0 saturated carbocycles. The summed E-state index contributed by atoms with van der Waals surface area (Å²) in [5, 5.41) is 6.15. The number of primary sulfonamides is 1. The predicted octanol–water partition coefficient (Wildman–Crippen LogP) is 2.61. The quantitative estimate of drug-likeness (QED) is 0.788. The first-order valence-electron chi connectivity index (χ1n) is 5.52. The zero-order valence-electron chi connectivity index (χ0n) is 9.78. The molecule has 4 nitrogen and oxygen atoms in total. The zero-order valence-corrected chi connectivity index (χ0v) is 11.4. The molecule has 2 aromatic heterocycles. The Morgan fingerprint density at radius 2 is 1.84 bits per heavy atom. The Bertz CT molecular complexity index is 848. The third-order valence-corrected chi connectivity index (χ3v) is 5.32. The number of hydrogen-bond donors (Lipinski definition) is 1. The van der Waals surface area contributed by atoms with Crippen molar-refractivity contribution in [3.05, 3.63) is 48.7 Å². The SMILES string of the molecule is NS(=O)(=O)c1ccc(-c2cccc3cccnc23)s1. The summed E-state index contributed by atoms with van der Waals surface area (Å²) in [6, 6.07) is 12.9. The number of benzene rings is 1. The maximum atomic E-state index is 11.3. The van der Waals surface area contributed by atoms with Crippen LogP contribution in [0.25, 0.3) is 21.3 Å². The van der Waals surface area contributed by atoms with Gasteiger partial charge in [-0.25, -0.2) is 13.6 Å². The van der Waals surface area contributed by atoms with Gasteiger partial charge in [0.15, 0.2) is 0 Å². The number of nitrogens with two attached hydrogens (primary N) is 1. The Balaban J connectivity index is 2.23. The maximum absolute atomic E-state index is 11.3. The number of aromatic nitrogens is 1. The van der Waals surface area contributed by atoms with Crippen molar-refractivity contribution < 1.29 is 8.42 Å². The highest BCUT2D eigenvalue weighted by Crippen LogP contribution is 2.33. The summed E-state index contributed by atoms with van der Waals surface area (Å²) in [5.74, 6) is 0. The van der Waals surface area contributed by atoms with Crippen LogP contribution in [0.5, 0.6) is 0 Å². The van der Waals surface area contributed by atoms with Crippen molar-refractivity contribution in [2.75, 3.05) is 0 Å². The van der Waals surface area contributed by atoms with Crippen LogP contribution in [0, 0.1) is 0 Å². The highest BCUT2D eigenvalue weighted by Gasteiger charge is 2.13. The molecule has 0 saturated heterocycles. The van der Waals surface area contributed by atoms with Gasteiger partial charge in [0.2, 0.25) is 10.0 Å². The number of hydrogen-bond acceptors (Lipinski definition) is 4. The zero-order chi connectivity index (χ0) is 13.5. The van der Waals surface area contributed by atoms with Gasteiger partial charge in [-0.3, -0.25) is 4.98 Å². The number of rotatable bonds is 2. The van der Waals surface area contributed by atoms with Gasteiger partial charge in [0.1, 0.15) is 4.21 Å². The van der Waals surface area contributed by atoms with Gasteiger partial charge >= 0.3 is 0 Å². The molecule has 0 radical (unpaired) electrons. The van der Waals surface area contributed by atoms with Crippen LogP contribution >= 0.6 is 11.3 Å². The van der Waals surface area contributed by atoms with Gasteiger partial charge in [0.05, 0.1) is 5.52 Å². The average molecular weight is 290 g/mol. The van der Waals surface area contributed by atoms with Gasteiger partial charge in [0, 0.05) is 22.0 Å². The van der Waals surface area contributed by atoms with Crippen LogP contribution in [0.15, 0.2) is 52.9 Å². The van der Waals surface area contributed by atoms with E-state index in [1.165, 1.54) is 6.07 Å². The molecule has 1 aromatic carbocycles. The molecule has 0 aliphatic carbocycles. The van der Waals surface area contributed by atoms with E-state index in [1.807, 2.05) is 30.3 Å². The monoisotopic (exact) mass is 290 g/mol. The molecule has 2 N–H and O–H groups in total. The summed E-state index contributed by atoms with van der Waals surface area (Å²) >= 11 is 1.15. The number of fused-ring (bicyclic) bond motifs is 1. The van der Waals surface area contributed by atoms with E-state index in [4.69, 9.17) is 5.14 Å². The molecule has 0 bridgehead atoms. The average Bonchev–Trinajstić information content (AvgIpc) is 2.87. The second-order valence-electron chi connectivity index (χ2n) is 4.04. The summed E-state index contributed by atoms with van der Waals surface area (Å²) in [6.45, 7) is 0. The lowest BCUT2D eigenvalue weighted by Gasteiger charge is -2.02. The van der Waals surface area contributed by atoms with Crippen LogP contribution in [-0.2, 0) is 10.0 Å². The minimum Gasteiger partial charge on any atom is -0.256 e. The first-order chi connectivity index (χ1) is 9.05. The largest absolute Gasteiger partial charge is 0.256 e. The third-order valence-electron chi connectivity index (χ3n) is 2.76. The molecular formula is C13H10N2O2S2. The van der Waals surface area contributed by atoms with Gasteiger partial charge in [-0.2, -0.15) is 0 Å². The molecular weight excluding hydrogens is 280 g/mol. The molecule has 96 valence electrons. The molecule has 6 heteroatoms. The fourth-order valence-electron chi connectivity index (χ4n) is 1.92. The number of para-hydroxylation sites is 1. The van der Waals surface area contributed by atoms with E-state index in [-0.39, 0.29) is 4.21 Å². The summed E-state index contributed by atoms with van der Waals surface area (Å²) in [6.07, 6.45) is 1.72. The van der Waals surface area contributed by atoms with Crippen molar-refractivity contribution in [3.8, 4) is 10.4 Å². The molecule has 3 aromatic rings. The second kappa shape index (κ2) is 4.41. The summed E-state index contributed by atoms with van der Waals surface area (Å²) in [5.41, 5.74) is 1.77. The van der Waals surface area contributed by atoms with E-state index < -0.39 is 10.0 Å². The second-order valence-corrected chi connectivity index (χ2v) is 6.92. The van der Waals surface area contributed by atoms with E-state index >= 15 is 0 Å². The molecule has 0 spiro atoms. The lowest BCUT2D eigenvalue weighted by atomic mass is 10.1. The molecule has 2 heterocycles. The number of sulfonamides is 1. The van der Waals surface area contributed by atoms with Crippen molar-refractivity contribution in [1.29, 1.82) is 0 Å². The van der Waals surface area contributed by atoms with Gasteiger partial charge in [-0.1, -0.05) is 24.3 Å². The summed E-state index contributed by atoms with van der Waals surface area (Å²) < 4.78 is 22.8. The smallest absolute Gasteiger partial charge is 0.247 e. The molecule has 0 aliphatic heterocycles. The van der Waals surface area contributed by atoms with Crippen molar-refractivity contribution in [2.45, 2.75) is 4.21 Å². The number of nitrogens with zero attached hydrogens (tertiary/aromatic N) is 1. The highest BCUT2D eigenvalue weighted by molar-refractivity contribution is 7.91. The Kier molecular flexibility index (Phi) is 2.85. The van der Waals surface area contributed by atoms with E-state index in [0.29, 0.717) is 0 Å². The van der Waals surface area contributed by atoms with E-state index in [9.17, 15) is 8.42 Å². The van der Waals surface area contributed by atoms with Crippen molar-refractivity contribution >= 4 is 32.3 Å². The molecule has 0 unspecified atom stereocenters. The van der Waals surface area contributed by atoms with Crippen LogP contribution in [0.4, 0.5) is 0 Å². The Morgan fingerprint density at radius 3 is 2.58 bits per heavy atom. The van der Waals surface area contributed by atoms with E-state index in [1.54, 1.807) is 12.3 Å². The van der Waals surface area contributed by atoms with E-state index in [2.05, 4.69) is 4.98 Å². The highest BCUT2D eigenvalue weighted by atomic mass is 32.2. The van der Waals surface area contributed by atoms with Crippen molar-refractivity contribution in [3.63, 3.8) is 0 Å². The van der Waals surface area contributed by atoms with Crippen LogP contribution in [0.1, 0.15) is 0 Å². The molecule has 0 amide bonds. The fraction of sp³-hybridized carbons (Fsp3) is 0. The van der Waals surface area contributed by atoms with Gasteiger partial charge in [0.25, 0.3) is 0 Å². The minimum atomic E-state index is -3.65. The van der Waals surface area contributed by atoms with Crippen LogP contribution < -0.4 is 5.14 Å². The molecule has 3 rings (SSSR count). The molecule has 19 heavy (non-hydrogen) atoms. The normalized spacial score (nSPS) is 11.8. The topological polar surface area (TPSA) is 73.1 Å². The van der Waals surface area contributed by atoms with Crippen LogP contribution in [0.2, 0.25) is 0 Å². The number of pyridine rings is 1. The lowest BCUT2D eigenvalue weighted by Crippen LogP contribution is -2.09. The Morgan fingerprint density at radius 1 is 1.05 bits per heavy atom. The summed E-state index contributed by atoms with van der Waals surface area (Å²) in [4.78, 5) is 5.20. The first kappa shape index (κ1) is 12.3. The molecule has 0 atom stereocenters. The third kappa shape index (κ3) is 2.25. The van der Waals surface area contributed by atoms with Crippen LogP contribution in [-0.4, -0.2) is 13.4 Å². The van der Waals surface area contributed by atoms with Crippen molar-refractivity contribution in [2.24, 2.45) is 5.14 Å². The Labute approximate surface area is 114 Å². The van der Waals surface area contributed by atoms with Crippen molar-refractivity contribution in [1.82, 2.24) is 4.98 Å². The summed E-state index contributed by atoms with van der Waals surface area (Å²) in [7, 11) is -3.65. The van der Waals surface area contributed by atoms with Gasteiger partial charge in [-0.15, -0.1) is 11.3 Å². The van der Waals surface area contributed by atoms with Gasteiger partial charge < -0.3 is 0 Å².